The summed E-state index contributed by atoms with van der Waals surface area (Å²) in [6.45, 7) is 4.83. The van der Waals surface area contributed by atoms with Gasteiger partial charge in [0.2, 0.25) is 0 Å². The minimum absolute atomic E-state index is 0.159. The van der Waals surface area contributed by atoms with Gasteiger partial charge in [-0.2, -0.15) is 0 Å². The van der Waals surface area contributed by atoms with E-state index in [1.165, 1.54) is 6.92 Å². The number of hydrogen-bond acceptors (Lipinski definition) is 2. The lowest BCUT2D eigenvalue weighted by Crippen LogP contribution is -2.31. The molecule has 0 amide bonds. The van der Waals surface area contributed by atoms with Gasteiger partial charge >= 0.3 is 11.9 Å². The number of carboxylic acid groups (broad SMARTS) is 2. The lowest BCUT2D eigenvalue weighted by molar-refractivity contribution is -0.154. The van der Waals surface area contributed by atoms with Gasteiger partial charge in [0.25, 0.3) is 0 Å². The molecule has 0 aliphatic carbocycles. The Morgan fingerprint density at radius 2 is 1.42 bits per heavy atom. The van der Waals surface area contributed by atoms with E-state index in [4.69, 9.17) is 10.2 Å². The number of hydrogen-bond donors (Lipinski definition) is 2. The van der Waals surface area contributed by atoms with Crippen molar-refractivity contribution in [3.63, 3.8) is 0 Å². The zero-order chi connectivity index (χ0) is 9.89. The minimum Gasteiger partial charge on any atom is -0.481 e. The molecule has 2 N–H and O–H groups in total. The first kappa shape index (κ1) is 10.9. The molecule has 0 heterocycles. The predicted molar refractivity (Wildman–Crippen MR) is 42.8 cm³/mol. The first-order valence-electron chi connectivity index (χ1n) is 3.83. The van der Waals surface area contributed by atoms with Crippen molar-refractivity contribution in [2.24, 2.45) is 17.8 Å². The van der Waals surface area contributed by atoms with Crippen LogP contribution in [0.25, 0.3) is 0 Å². The van der Waals surface area contributed by atoms with E-state index in [0.29, 0.717) is 0 Å². The highest BCUT2D eigenvalue weighted by Crippen LogP contribution is 2.21. The number of carboxylic acids is 2. The molecule has 0 aliphatic heterocycles. The van der Waals surface area contributed by atoms with Crippen LogP contribution in [0.4, 0.5) is 0 Å². The van der Waals surface area contributed by atoms with Crippen molar-refractivity contribution in [2.45, 2.75) is 20.8 Å². The van der Waals surface area contributed by atoms with Crippen molar-refractivity contribution in [1.82, 2.24) is 0 Å². The summed E-state index contributed by atoms with van der Waals surface area (Å²) in [6, 6.07) is 0. The molecule has 0 bridgehead atoms. The molecule has 0 aliphatic rings. The molecule has 70 valence electrons. The molecular formula is C8H14O4. The number of aliphatic carboxylic acids is 2. The van der Waals surface area contributed by atoms with E-state index in [1.54, 1.807) is 13.8 Å². The highest BCUT2D eigenvalue weighted by Gasteiger charge is 2.32. The van der Waals surface area contributed by atoms with Crippen LogP contribution in [0, 0.1) is 17.8 Å². The molecule has 0 aromatic carbocycles. The third-order valence-electron chi connectivity index (χ3n) is 1.93. The van der Waals surface area contributed by atoms with Gasteiger partial charge in [-0.05, 0) is 5.92 Å². The van der Waals surface area contributed by atoms with Crippen LogP contribution in [-0.2, 0) is 9.59 Å². The van der Waals surface area contributed by atoms with Crippen molar-refractivity contribution in [1.29, 1.82) is 0 Å². The van der Waals surface area contributed by atoms with Gasteiger partial charge in [-0.15, -0.1) is 0 Å². The summed E-state index contributed by atoms with van der Waals surface area (Å²) < 4.78 is 0. The molecule has 2 unspecified atom stereocenters. The molecule has 12 heavy (non-hydrogen) atoms. The maximum atomic E-state index is 10.6. The first-order valence-corrected chi connectivity index (χ1v) is 3.83. The highest BCUT2D eigenvalue weighted by atomic mass is 16.4. The molecule has 2 atom stereocenters. The standard InChI is InChI=1S/C8H14O4/c1-4(2)6(8(11)12)5(3)7(9)10/h4-6H,1-3H3,(H,9,10)(H,11,12). The van der Waals surface area contributed by atoms with Crippen LogP contribution in [0.5, 0.6) is 0 Å². The molecule has 0 radical (unpaired) electrons. The Bertz CT molecular complexity index is 185. The van der Waals surface area contributed by atoms with E-state index in [1.807, 2.05) is 0 Å². The lowest BCUT2D eigenvalue weighted by Gasteiger charge is -2.19. The SMILES string of the molecule is CC(C)C(C(=O)O)C(C)C(=O)O. The van der Waals surface area contributed by atoms with E-state index < -0.39 is 23.8 Å². The average Bonchev–Trinajstić information content (AvgIpc) is 1.85. The normalized spacial score (nSPS) is 15.7. The largest absolute Gasteiger partial charge is 0.481 e. The van der Waals surface area contributed by atoms with Gasteiger partial charge < -0.3 is 10.2 Å². The maximum absolute atomic E-state index is 10.6. The summed E-state index contributed by atoms with van der Waals surface area (Å²) in [5.41, 5.74) is 0. The Balaban J connectivity index is 4.51. The van der Waals surface area contributed by atoms with Crippen LogP contribution in [0.1, 0.15) is 20.8 Å². The zero-order valence-electron chi connectivity index (χ0n) is 7.44. The van der Waals surface area contributed by atoms with Crippen molar-refractivity contribution in [2.75, 3.05) is 0 Å². The number of rotatable bonds is 4. The summed E-state index contributed by atoms with van der Waals surface area (Å²) in [5, 5.41) is 17.3. The van der Waals surface area contributed by atoms with Crippen LogP contribution in [-0.4, -0.2) is 22.2 Å². The molecule has 0 aromatic rings. The van der Waals surface area contributed by atoms with E-state index in [9.17, 15) is 9.59 Å². The third-order valence-corrected chi connectivity index (χ3v) is 1.93. The Kier molecular flexibility index (Phi) is 3.73. The second kappa shape index (κ2) is 4.09. The van der Waals surface area contributed by atoms with Crippen molar-refractivity contribution < 1.29 is 19.8 Å². The van der Waals surface area contributed by atoms with Crippen molar-refractivity contribution in [3.05, 3.63) is 0 Å². The Morgan fingerprint density at radius 3 is 1.50 bits per heavy atom. The molecule has 4 nitrogen and oxygen atoms in total. The lowest BCUT2D eigenvalue weighted by atomic mass is 9.85. The van der Waals surface area contributed by atoms with Crippen molar-refractivity contribution in [3.8, 4) is 0 Å². The number of carbonyl (C=O) groups is 2. The van der Waals surface area contributed by atoms with Gasteiger partial charge in [0, 0.05) is 0 Å². The summed E-state index contributed by atoms with van der Waals surface area (Å²) in [4.78, 5) is 21.1. The van der Waals surface area contributed by atoms with Gasteiger partial charge in [-0.25, -0.2) is 0 Å². The Morgan fingerprint density at radius 1 is 1.00 bits per heavy atom. The second-order valence-corrected chi connectivity index (χ2v) is 3.23. The summed E-state index contributed by atoms with van der Waals surface area (Å²) in [5.74, 6) is -3.89. The Hall–Kier alpha value is -1.06. The molecule has 0 aromatic heterocycles. The monoisotopic (exact) mass is 174 g/mol. The molecule has 0 saturated carbocycles. The van der Waals surface area contributed by atoms with Gasteiger partial charge in [0.05, 0.1) is 11.8 Å². The Labute approximate surface area is 71.2 Å². The van der Waals surface area contributed by atoms with Gasteiger partial charge in [-0.3, -0.25) is 9.59 Å². The van der Waals surface area contributed by atoms with E-state index in [-0.39, 0.29) is 5.92 Å². The molecular weight excluding hydrogens is 160 g/mol. The quantitative estimate of drug-likeness (QED) is 0.668. The molecule has 0 spiro atoms. The van der Waals surface area contributed by atoms with Gasteiger partial charge in [0.1, 0.15) is 0 Å². The van der Waals surface area contributed by atoms with Crippen LogP contribution >= 0.6 is 0 Å². The fourth-order valence-electron chi connectivity index (χ4n) is 1.23. The molecule has 0 saturated heterocycles. The summed E-state index contributed by atoms with van der Waals surface area (Å²) in [6.07, 6.45) is 0. The zero-order valence-corrected chi connectivity index (χ0v) is 7.44. The summed E-state index contributed by atoms with van der Waals surface area (Å²) >= 11 is 0. The smallest absolute Gasteiger partial charge is 0.307 e. The van der Waals surface area contributed by atoms with Crippen molar-refractivity contribution >= 4 is 11.9 Å². The fourth-order valence-corrected chi connectivity index (χ4v) is 1.23. The molecule has 4 heteroatoms. The minimum atomic E-state index is -1.06. The van der Waals surface area contributed by atoms with Gasteiger partial charge in [0.15, 0.2) is 0 Å². The molecule has 0 rings (SSSR count). The third kappa shape index (κ3) is 2.53. The first-order chi connectivity index (χ1) is 5.37. The van der Waals surface area contributed by atoms with Crippen LogP contribution in [0.15, 0.2) is 0 Å². The molecule has 0 fully saturated rings. The average molecular weight is 174 g/mol. The van der Waals surface area contributed by atoms with E-state index in [2.05, 4.69) is 0 Å². The summed E-state index contributed by atoms with van der Waals surface area (Å²) in [7, 11) is 0. The highest BCUT2D eigenvalue weighted by molar-refractivity contribution is 5.79. The maximum Gasteiger partial charge on any atom is 0.307 e. The van der Waals surface area contributed by atoms with Gasteiger partial charge in [-0.1, -0.05) is 20.8 Å². The fraction of sp³-hybridized carbons (Fsp3) is 0.750. The van der Waals surface area contributed by atoms with E-state index in [0.717, 1.165) is 0 Å². The topological polar surface area (TPSA) is 74.6 Å². The second-order valence-electron chi connectivity index (χ2n) is 3.23. The van der Waals surface area contributed by atoms with Crippen LogP contribution in [0.3, 0.4) is 0 Å². The van der Waals surface area contributed by atoms with E-state index >= 15 is 0 Å². The predicted octanol–water partition coefficient (Wildman–Crippen LogP) is 1.06. The van der Waals surface area contributed by atoms with Crippen LogP contribution < -0.4 is 0 Å². The van der Waals surface area contributed by atoms with Crippen LogP contribution in [0.2, 0.25) is 0 Å².